The Morgan fingerprint density at radius 2 is 1.32 bits per heavy atom. The van der Waals surface area contributed by atoms with Gasteiger partial charge in [-0.1, -0.05) is 78.1 Å². The molecule has 0 aliphatic heterocycles. The summed E-state index contributed by atoms with van der Waals surface area (Å²) in [6, 6.07) is 22.6. The number of carbonyl (C=O) groups excluding carboxylic acids is 4. The second-order valence-corrected chi connectivity index (χ2v) is 9.29. The summed E-state index contributed by atoms with van der Waals surface area (Å²) in [5.74, 6) is -2.62. The van der Waals surface area contributed by atoms with Gasteiger partial charge in [-0.15, -0.1) is 0 Å². The SMILES string of the molecule is CC(=O)O[C@H](C(=O)n1c(=NC(=O)[C@H](OC(C)=O)c2ccccc2)sc2cc(C)ccc21)c1ccccc1. The lowest BCUT2D eigenvalue weighted by atomic mass is 10.1. The van der Waals surface area contributed by atoms with E-state index in [-0.39, 0.29) is 4.80 Å². The van der Waals surface area contributed by atoms with Gasteiger partial charge >= 0.3 is 11.9 Å². The Balaban J connectivity index is 1.89. The fourth-order valence-corrected chi connectivity index (χ4v) is 4.92. The lowest BCUT2D eigenvalue weighted by molar-refractivity contribution is -0.153. The molecule has 0 radical (unpaired) electrons. The number of nitrogens with zero attached hydrogens (tertiary/aromatic N) is 2. The Labute approximate surface area is 216 Å². The van der Waals surface area contributed by atoms with Crippen LogP contribution in [0.2, 0.25) is 0 Å². The zero-order chi connectivity index (χ0) is 26.5. The van der Waals surface area contributed by atoms with Crippen molar-refractivity contribution < 1.29 is 28.7 Å². The molecular weight excluding hydrogens is 492 g/mol. The Bertz CT molecular complexity index is 1540. The van der Waals surface area contributed by atoms with Crippen LogP contribution in [0.3, 0.4) is 0 Å². The molecule has 0 fully saturated rings. The Morgan fingerprint density at radius 1 is 0.784 bits per heavy atom. The fraction of sp³-hybridized carbons (Fsp3) is 0.179. The van der Waals surface area contributed by atoms with E-state index in [0.29, 0.717) is 21.3 Å². The van der Waals surface area contributed by atoms with Gasteiger partial charge in [0.25, 0.3) is 11.8 Å². The van der Waals surface area contributed by atoms with E-state index in [2.05, 4.69) is 4.99 Å². The number of hydrogen-bond acceptors (Lipinski definition) is 7. The van der Waals surface area contributed by atoms with Crippen LogP contribution in [0.25, 0.3) is 10.2 Å². The number of benzene rings is 3. The van der Waals surface area contributed by atoms with Crippen molar-refractivity contribution >= 4 is 45.3 Å². The number of esters is 2. The normalized spacial score (nSPS) is 13.1. The minimum absolute atomic E-state index is 0.0665. The van der Waals surface area contributed by atoms with Gasteiger partial charge in [-0.2, -0.15) is 4.99 Å². The highest BCUT2D eigenvalue weighted by molar-refractivity contribution is 7.16. The number of aromatic nitrogens is 1. The summed E-state index contributed by atoms with van der Waals surface area (Å²) in [4.78, 5) is 55.2. The Hall–Kier alpha value is -4.37. The van der Waals surface area contributed by atoms with Crippen LogP contribution in [0.5, 0.6) is 0 Å². The average Bonchev–Trinajstić information content (AvgIpc) is 3.22. The lowest BCUT2D eigenvalue weighted by Gasteiger charge is -2.17. The minimum Gasteiger partial charge on any atom is -0.447 e. The first kappa shape index (κ1) is 25.7. The quantitative estimate of drug-likeness (QED) is 0.345. The van der Waals surface area contributed by atoms with Gasteiger partial charge in [0.2, 0.25) is 17.0 Å². The van der Waals surface area contributed by atoms with E-state index in [4.69, 9.17) is 9.47 Å². The average molecular weight is 517 g/mol. The van der Waals surface area contributed by atoms with Crippen molar-refractivity contribution in [3.05, 3.63) is 100 Å². The van der Waals surface area contributed by atoms with Gasteiger partial charge in [-0.05, 0) is 24.6 Å². The largest absolute Gasteiger partial charge is 0.447 e. The predicted molar refractivity (Wildman–Crippen MR) is 138 cm³/mol. The van der Waals surface area contributed by atoms with Crippen LogP contribution in [0.4, 0.5) is 0 Å². The minimum atomic E-state index is -1.28. The van der Waals surface area contributed by atoms with Crippen molar-refractivity contribution in [3.8, 4) is 0 Å². The first-order valence-electron chi connectivity index (χ1n) is 11.4. The molecular formula is C28H24N2O6S. The molecule has 0 saturated heterocycles. The second-order valence-electron chi connectivity index (χ2n) is 8.28. The summed E-state index contributed by atoms with van der Waals surface area (Å²) in [5, 5.41) is 0. The smallest absolute Gasteiger partial charge is 0.303 e. The number of rotatable bonds is 6. The molecule has 4 rings (SSSR count). The molecule has 8 nitrogen and oxygen atoms in total. The van der Waals surface area contributed by atoms with Crippen molar-refractivity contribution in [2.75, 3.05) is 0 Å². The van der Waals surface area contributed by atoms with Crippen molar-refractivity contribution in [2.24, 2.45) is 4.99 Å². The number of aryl methyl sites for hydroxylation is 1. The molecule has 1 heterocycles. The second kappa shape index (κ2) is 11.1. The van der Waals surface area contributed by atoms with E-state index >= 15 is 0 Å². The van der Waals surface area contributed by atoms with E-state index in [1.54, 1.807) is 66.7 Å². The molecule has 0 spiro atoms. The van der Waals surface area contributed by atoms with Gasteiger partial charge in [0.15, 0.2) is 0 Å². The third kappa shape index (κ3) is 5.90. The van der Waals surface area contributed by atoms with Crippen molar-refractivity contribution in [1.29, 1.82) is 0 Å². The summed E-state index contributed by atoms with van der Waals surface area (Å²) in [6.45, 7) is 4.34. The molecule has 37 heavy (non-hydrogen) atoms. The molecule has 0 unspecified atom stereocenters. The van der Waals surface area contributed by atoms with E-state index in [1.807, 2.05) is 19.1 Å². The number of thiazole rings is 1. The Kier molecular flexibility index (Phi) is 7.74. The lowest BCUT2D eigenvalue weighted by Crippen LogP contribution is -2.31. The topological polar surface area (TPSA) is 104 Å². The maximum atomic E-state index is 13.9. The molecule has 4 aromatic rings. The molecule has 188 valence electrons. The van der Waals surface area contributed by atoms with Crippen LogP contribution >= 0.6 is 11.3 Å². The number of amides is 1. The Morgan fingerprint density at radius 3 is 1.89 bits per heavy atom. The summed E-state index contributed by atoms with van der Waals surface area (Å²) >= 11 is 1.13. The first-order valence-corrected chi connectivity index (χ1v) is 12.3. The predicted octanol–water partition coefficient (Wildman–Crippen LogP) is 4.69. The molecule has 2 atom stereocenters. The van der Waals surface area contributed by atoms with Gasteiger partial charge in [-0.3, -0.25) is 23.7 Å². The van der Waals surface area contributed by atoms with Gasteiger partial charge in [-0.25, -0.2) is 0 Å². The third-order valence-electron chi connectivity index (χ3n) is 5.40. The van der Waals surface area contributed by atoms with Crippen molar-refractivity contribution in [1.82, 2.24) is 4.57 Å². The standard InChI is InChI=1S/C28H24N2O6S/c1-17-14-15-22-23(16-17)37-28(29-26(33)24(35-18(2)31)20-10-6-4-7-11-20)30(22)27(34)25(36-19(3)32)21-12-8-5-9-13-21/h4-16,24-25H,1-3H3/t24-,25+/m1/s1. The van der Waals surface area contributed by atoms with E-state index in [1.165, 1.54) is 18.4 Å². The highest BCUT2D eigenvalue weighted by Crippen LogP contribution is 2.25. The van der Waals surface area contributed by atoms with Crippen LogP contribution in [0.15, 0.2) is 83.9 Å². The van der Waals surface area contributed by atoms with Gasteiger partial charge in [0.1, 0.15) is 0 Å². The number of fused-ring (bicyclic) bond motifs is 1. The van der Waals surface area contributed by atoms with Gasteiger partial charge in [0, 0.05) is 25.0 Å². The molecule has 0 aliphatic rings. The molecule has 1 aromatic heterocycles. The zero-order valence-electron chi connectivity index (χ0n) is 20.4. The number of carbonyl (C=O) groups is 4. The van der Waals surface area contributed by atoms with Crippen LogP contribution < -0.4 is 4.80 Å². The van der Waals surface area contributed by atoms with Crippen molar-refractivity contribution in [3.63, 3.8) is 0 Å². The fourth-order valence-electron chi connectivity index (χ4n) is 3.80. The van der Waals surface area contributed by atoms with Crippen molar-refractivity contribution in [2.45, 2.75) is 33.0 Å². The number of ether oxygens (including phenoxy) is 2. The van der Waals surface area contributed by atoms with E-state index in [9.17, 15) is 19.2 Å². The number of hydrogen-bond donors (Lipinski definition) is 0. The molecule has 0 N–H and O–H groups in total. The molecule has 0 aliphatic carbocycles. The monoisotopic (exact) mass is 516 g/mol. The maximum Gasteiger partial charge on any atom is 0.303 e. The zero-order valence-corrected chi connectivity index (χ0v) is 21.2. The van der Waals surface area contributed by atoms with E-state index in [0.717, 1.165) is 16.9 Å². The molecule has 9 heteroatoms. The third-order valence-corrected chi connectivity index (χ3v) is 6.40. The van der Waals surface area contributed by atoms with Crippen LogP contribution in [-0.4, -0.2) is 28.3 Å². The van der Waals surface area contributed by atoms with Crippen LogP contribution in [0, 0.1) is 6.92 Å². The summed E-state index contributed by atoms with van der Waals surface area (Å²) in [6.07, 6.45) is -2.54. The highest BCUT2D eigenvalue weighted by atomic mass is 32.1. The molecule has 1 amide bonds. The maximum absolute atomic E-state index is 13.9. The molecule has 0 saturated carbocycles. The van der Waals surface area contributed by atoms with E-state index < -0.39 is 36.0 Å². The molecule has 0 bridgehead atoms. The summed E-state index contributed by atoms with van der Waals surface area (Å²) in [7, 11) is 0. The first-order chi connectivity index (χ1) is 17.7. The summed E-state index contributed by atoms with van der Waals surface area (Å²) in [5.41, 5.74) is 2.38. The van der Waals surface area contributed by atoms with Gasteiger partial charge in [0.05, 0.1) is 10.2 Å². The summed E-state index contributed by atoms with van der Waals surface area (Å²) < 4.78 is 12.7. The van der Waals surface area contributed by atoms with Gasteiger partial charge < -0.3 is 9.47 Å². The molecule has 3 aromatic carbocycles. The van der Waals surface area contributed by atoms with Crippen LogP contribution in [-0.2, 0) is 23.9 Å². The highest BCUT2D eigenvalue weighted by Gasteiger charge is 2.29. The van der Waals surface area contributed by atoms with Crippen LogP contribution in [0.1, 0.15) is 47.5 Å².